The van der Waals surface area contributed by atoms with Crippen LogP contribution in [0.5, 0.6) is 0 Å². The Morgan fingerprint density at radius 3 is 2.17 bits per heavy atom. The van der Waals surface area contributed by atoms with Crippen molar-refractivity contribution in [1.82, 2.24) is 10.6 Å². The third-order valence-electron chi connectivity index (χ3n) is 7.22. The zero-order valence-electron chi connectivity index (χ0n) is 20.1. The molecule has 8 heteroatoms. The van der Waals surface area contributed by atoms with Crippen molar-refractivity contribution in [2.24, 2.45) is 5.41 Å². The Labute approximate surface area is 205 Å². The summed E-state index contributed by atoms with van der Waals surface area (Å²) >= 11 is 0. The zero-order chi connectivity index (χ0) is 25.1. The Balaban J connectivity index is 1.32. The lowest BCUT2D eigenvalue weighted by molar-refractivity contribution is -0.149. The van der Waals surface area contributed by atoms with Gasteiger partial charge in [0.1, 0.15) is 6.61 Å². The van der Waals surface area contributed by atoms with E-state index < -0.39 is 23.0 Å². The molecule has 4 rings (SSSR count). The number of benzene rings is 2. The van der Waals surface area contributed by atoms with Gasteiger partial charge in [-0.05, 0) is 47.4 Å². The number of ether oxygens (including phenoxy) is 2. The first-order chi connectivity index (χ1) is 16.8. The number of aliphatic carboxylic acids is 1. The van der Waals surface area contributed by atoms with E-state index in [2.05, 4.69) is 34.9 Å². The average Bonchev–Trinajstić information content (AvgIpc) is 3.13. The van der Waals surface area contributed by atoms with E-state index in [1.807, 2.05) is 24.3 Å². The van der Waals surface area contributed by atoms with Crippen LogP contribution in [-0.2, 0) is 19.1 Å². The second kappa shape index (κ2) is 10.1. The van der Waals surface area contributed by atoms with E-state index >= 15 is 0 Å². The fraction of sp³-hybridized carbons (Fsp3) is 0.444. The number of hydrogen-bond acceptors (Lipinski definition) is 5. The van der Waals surface area contributed by atoms with Crippen molar-refractivity contribution in [3.05, 3.63) is 59.7 Å². The summed E-state index contributed by atoms with van der Waals surface area (Å²) < 4.78 is 10.6. The number of rotatable bonds is 10. The van der Waals surface area contributed by atoms with Crippen LogP contribution in [0.15, 0.2) is 48.5 Å². The maximum atomic E-state index is 12.7. The smallest absolute Gasteiger partial charge is 0.407 e. The van der Waals surface area contributed by atoms with Gasteiger partial charge in [0.05, 0.1) is 6.61 Å². The summed E-state index contributed by atoms with van der Waals surface area (Å²) in [5.41, 5.74) is 2.72. The number of carboxylic acids is 1. The lowest BCUT2D eigenvalue weighted by Gasteiger charge is -2.42. The van der Waals surface area contributed by atoms with Gasteiger partial charge in [0.25, 0.3) is 0 Å². The van der Waals surface area contributed by atoms with Crippen molar-refractivity contribution < 1.29 is 29.0 Å². The van der Waals surface area contributed by atoms with E-state index in [0.29, 0.717) is 6.54 Å². The van der Waals surface area contributed by atoms with Crippen molar-refractivity contribution >= 4 is 18.0 Å². The van der Waals surface area contributed by atoms with Gasteiger partial charge in [-0.1, -0.05) is 55.0 Å². The number of nitrogens with one attached hydrogen (secondary N) is 2. The minimum atomic E-state index is -1.50. The first-order valence-electron chi connectivity index (χ1n) is 11.9. The van der Waals surface area contributed by atoms with Crippen LogP contribution in [0.4, 0.5) is 4.79 Å². The maximum absolute atomic E-state index is 12.7. The van der Waals surface area contributed by atoms with Crippen LogP contribution in [0, 0.1) is 5.41 Å². The molecule has 3 N–H and O–H groups in total. The Bertz CT molecular complexity index is 1070. The summed E-state index contributed by atoms with van der Waals surface area (Å²) in [6.07, 6.45) is 2.11. The third kappa shape index (κ3) is 5.17. The Hall–Kier alpha value is -3.39. The number of carbonyl (C=O) groups is 3. The van der Waals surface area contributed by atoms with Crippen molar-refractivity contribution in [2.75, 3.05) is 26.9 Å². The summed E-state index contributed by atoms with van der Waals surface area (Å²) in [7, 11) is 1.39. The molecule has 2 aromatic carbocycles. The fourth-order valence-corrected chi connectivity index (χ4v) is 5.13. The molecule has 1 unspecified atom stereocenters. The van der Waals surface area contributed by atoms with Crippen molar-refractivity contribution in [2.45, 2.75) is 44.1 Å². The minimum absolute atomic E-state index is 0.0222. The van der Waals surface area contributed by atoms with Gasteiger partial charge >= 0.3 is 12.1 Å². The van der Waals surface area contributed by atoms with E-state index in [0.717, 1.165) is 30.4 Å². The van der Waals surface area contributed by atoms with Gasteiger partial charge in [0.15, 0.2) is 5.54 Å². The van der Waals surface area contributed by atoms with Crippen LogP contribution >= 0.6 is 0 Å². The Kier molecular flexibility index (Phi) is 7.12. The summed E-state index contributed by atoms with van der Waals surface area (Å²) in [6, 6.07) is 16.3. The average molecular weight is 481 g/mol. The molecule has 0 heterocycles. The van der Waals surface area contributed by atoms with E-state index in [-0.39, 0.29) is 31.5 Å². The highest BCUT2D eigenvalue weighted by atomic mass is 16.5. The van der Waals surface area contributed by atoms with Gasteiger partial charge in [0.2, 0.25) is 5.91 Å². The highest BCUT2D eigenvalue weighted by Gasteiger charge is 2.42. The number of amides is 2. The number of fused-ring (bicyclic) bond motifs is 3. The van der Waals surface area contributed by atoms with Crippen molar-refractivity contribution in [3.63, 3.8) is 0 Å². The second-order valence-electron chi connectivity index (χ2n) is 9.83. The molecule has 0 spiro atoms. The van der Waals surface area contributed by atoms with E-state index in [4.69, 9.17) is 9.47 Å². The maximum Gasteiger partial charge on any atom is 0.407 e. The van der Waals surface area contributed by atoms with E-state index in [9.17, 15) is 19.5 Å². The van der Waals surface area contributed by atoms with Gasteiger partial charge < -0.3 is 25.2 Å². The standard InChI is InChI=1S/C27H32N2O6/c1-26(17-34-2,24(31)32)29-23(30)14-27(12-7-13-27)16-28-25(33)35-15-22-20-10-5-3-8-18(20)19-9-4-6-11-21(19)22/h3-6,8-11,22H,7,12-17H2,1-2H3,(H,28,33)(H,29,30)(H,31,32). The van der Waals surface area contributed by atoms with Crippen LogP contribution in [0.2, 0.25) is 0 Å². The quantitative estimate of drug-likeness (QED) is 0.478. The second-order valence-corrected chi connectivity index (χ2v) is 9.83. The lowest BCUT2D eigenvalue weighted by Crippen LogP contribution is -2.57. The predicted octanol–water partition coefficient (Wildman–Crippen LogP) is 3.69. The topological polar surface area (TPSA) is 114 Å². The van der Waals surface area contributed by atoms with Crippen molar-refractivity contribution in [3.8, 4) is 11.1 Å². The van der Waals surface area contributed by atoms with Gasteiger partial charge in [-0.15, -0.1) is 0 Å². The Morgan fingerprint density at radius 1 is 1.06 bits per heavy atom. The minimum Gasteiger partial charge on any atom is -0.479 e. The number of carboxylic acid groups (broad SMARTS) is 1. The molecule has 2 aromatic rings. The molecule has 2 aliphatic carbocycles. The van der Waals surface area contributed by atoms with Gasteiger partial charge in [-0.3, -0.25) is 4.79 Å². The van der Waals surface area contributed by atoms with E-state index in [1.165, 1.54) is 25.2 Å². The van der Waals surface area contributed by atoms with Gasteiger partial charge in [0, 0.05) is 26.0 Å². The molecule has 0 radical (unpaired) electrons. The SMILES string of the molecule is COCC(C)(NC(=O)CC1(CNC(=O)OCC2c3ccccc3-c3ccccc32)CCC1)C(=O)O. The van der Waals surface area contributed by atoms with Crippen LogP contribution < -0.4 is 10.6 Å². The molecule has 1 saturated carbocycles. The van der Waals surface area contributed by atoms with Crippen LogP contribution in [0.25, 0.3) is 11.1 Å². The van der Waals surface area contributed by atoms with Gasteiger partial charge in [-0.25, -0.2) is 9.59 Å². The lowest BCUT2D eigenvalue weighted by atomic mass is 9.66. The molecule has 0 saturated heterocycles. The highest BCUT2D eigenvalue weighted by Crippen LogP contribution is 2.45. The highest BCUT2D eigenvalue weighted by molar-refractivity contribution is 5.87. The molecule has 2 aliphatic rings. The number of alkyl carbamates (subject to hydrolysis) is 1. The zero-order valence-corrected chi connectivity index (χ0v) is 20.1. The van der Waals surface area contributed by atoms with Crippen molar-refractivity contribution in [1.29, 1.82) is 0 Å². The van der Waals surface area contributed by atoms with Crippen LogP contribution in [-0.4, -0.2) is 55.5 Å². The predicted molar refractivity (Wildman–Crippen MR) is 130 cm³/mol. The monoisotopic (exact) mass is 480 g/mol. The molecule has 2 amide bonds. The normalized spacial score (nSPS) is 17.3. The van der Waals surface area contributed by atoms with E-state index in [1.54, 1.807) is 0 Å². The summed E-state index contributed by atoms with van der Waals surface area (Å²) in [6.45, 7) is 1.80. The molecule has 186 valence electrons. The number of methoxy groups -OCH3 is 1. The first kappa shape index (κ1) is 24.7. The first-order valence-corrected chi connectivity index (χ1v) is 11.9. The largest absolute Gasteiger partial charge is 0.479 e. The molecule has 35 heavy (non-hydrogen) atoms. The molecular formula is C27H32N2O6. The molecular weight excluding hydrogens is 448 g/mol. The summed E-state index contributed by atoms with van der Waals surface area (Å²) in [4.78, 5) is 36.8. The molecule has 0 aliphatic heterocycles. The number of hydrogen-bond donors (Lipinski definition) is 3. The summed E-state index contributed by atoms with van der Waals surface area (Å²) in [5.74, 6) is -1.56. The molecule has 8 nitrogen and oxygen atoms in total. The molecule has 0 bridgehead atoms. The Morgan fingerprint density at radius 2 is 1.66 bits per heavy atom. The van der Waals surface area contributed by atoms with Crippen LogP contribution in [0.1, 0.15) is 49.7 Å². The molecule has 1 fully saturated rings. The third-order valence-corrected chi connectivity index (χ3v) is 7.22. The summed E-state index contributed by atoms with van der Waals surface area (Å²) in [5, 5.41) is 14.9. The fourth-order valence-electron chi connectivity index (χ4n) is 5.13. The van der Waals surface area contributed by atoms with Crippen LogP contribution in [0.3, 0.4) is 0 Å². The number of carbonyl (C=O) groups excluding carboxylic acids is 2. The van der Waals surface area contributed by atoms with Gasteiger partial charge in [-0.2, -0.15) is 0 Å². The molecule has 1 atom stereocenters. The molecule has 0 aromatic heterocycles.